The highest BCUT2D eigenvalue weighted by molar-refractivity contribution is 7.59. The van der Waals surface area contributed by atoms with Crippen LogP contribution in [0.4, 0.5) is 0 Å². The second-order valence-electron chi connectivity index (χ2n) is 11.0. The van der Waals surface area contributed by atoms with Gasteiger partial charge in [0, 0.05) is 5.30 Å². The lowest BCUT2D eigenvalue weighted by Gasteiger charge is -2.35. The minimum absolute atomic E-state index is 0.417. The van der Waals surface area contributed by atoms with Gasteiger partial charge in [-0.15, -0.1) is 0 Å². The molecule has 3 rings (SSSR count). The fraction of sp³-hybridized carbons (Fsp3) is 0.438. The van der Waals surface area contributed by atoms with Crippen LogP contribution in [0.3, 0.4) is 0 Å². The van der Waals surface area contributed by atoms with Crippen molar-refractivity contribution in [1.82, 2.24) is 0 Å². The Hall–Kier alpha value is -1.69. The maximum atomic E-state index is 14.6. The number of rotatable bonds is 17. The molecule has 0 saturated carbocycles. The third kappa shape index (κ3) is 10.7. The molecule has 3 aromatic rings. The number of hydrogen-bond acceptors (Lipinski definition) is 8. The van der Waals surface area contributed by atoms with E-state index in [1.807, 2.05) is 91.0 Å². The zero-order valence-electron chi connectivity index (χ0n) is 26.2. The monoisotopic (exact) mass is 650 g/mol. The Morgan fingerprint density at radius 1 is 0.465 bits per heavy atom. The lowest BCUT2D eigenvalue weighted by atomic mass is 10.2. The van der Waals surface area contributed by atoms with Crippen LogP contribution >= 0.6 is 23.6 Å². The van der Waals surface area contributed by atoms with Gasteiger partial charge >= 0.3 is 15.2 Å². The SMILES string of the molecule is CC(C)OP(=O)(OC(C)C)[C@H](OP(O[C@@H](c1ccccc1)P(=O)(OC(C)C)OC(C)C)c1ccccc1)c1ccccc1. The Balaban J connectivity index is 2.20. The Morgan fingerprint density at radius 2 is 0.744 bits per heavy atom. The molecule has 11 heteroatoms. The maximum absolute atomic E-state index is 14.6. The van der Waals surface area contributed by atoms with Crippen molar-refractivity contribution in [1.29, 1.82) is 0 Å². The normalized spacial score (nSPS) is 14.9. The van der Waals surface area contributed by atoms with Gasteiger partial charge in [0.2, 0.25) is 8.38 Å². The summed E-state index contributed by atoms with van der Waals surface area (Å²) >= 11 is 0. The van der Waals surface area contributed by atoms with E-state index in [1.54, 1.807) is 55.4 Å². The fourth-order valence-corrected chi connectivity index (χ4v) is 10.9. The lowest BCUT2D eigenvalue weighted by Crippen LogP contribution is -2.19. The molecule has 1 unspecified atom stereocenters. The van der Waals surface area contributed by atoms with E-state index in [0.29, 0.717) is 16.4 Å². The standard InChI is InChI=1S/C32H45O8P3/c1-24(2)37-42(33,38-25(3)4)31(28-18-12-9-13-19-28)35-41(30-22-16-11-17-23-30)36-32(29-20-14-10-15-21-29)43(34,39-26(5)6)40-27(7)8/h9-27,31-32H,1-8H3/t31-,32+,41?. The molecule has 0 aliphatic rings. The topological polar surface area (TPSA) is 89.5 Å². The molecule has 3 atom stereocenters. The summed E-state index contributed by atoms with van der Waals surface area (Å²) < 4.78 is 66.8. The Kier molecular flexibility index (Phi) is 13.8. The molecule has 8 nitrogen and oxygen atoms in total. The molecule has 3 aromatic carbocycles. The average molecular weight is 651 g/mol. The first-order valence-corrected chi connectivity index (χ1v) is 18.9. The van der Waals surface area contributed by atoms with E-state index in [-0.39, 0.29) is 0 Å². The van der Waals surface area contributed by atoms with Gasteiger partial charge in [-0.2, -0.15) is 0 Å². The van der Waals surface area contributed by atoms with E-state index in [4.69, 9.17) is 27.1 Å². The molecule has 0 heterocycles. The highest BCUT2D eigenvalue weighted by Crippen LogP contribution is 2.70. The van der Waals surface area contributed by atoms with Gasteiger partial charge in [0.25, 0.3) is 0 Å². The molecule has 0 aromatic heterocycles. The predicted octanol–water partition coefficient (Wildman–Crippen LogP) is 10.1. The largest absolute Gasteiger partial charge is 0.364 e. The molecule has 236 valence electrons. The molecule has 0 fully saturated rings. The average Bonchev–Trinajstić information content (AvgIpc) is 2.92. The summed E-state index contributed by atoms with van der Waals surface area (Å²) in [6.45, 7) is 14.4. The second kappa shape index (κ2) is 16.6. The molecule has 0 spiro atoms. The lowest BCUT2D eigenvalue weighted by molar-refractivity contribution is 0.0944. The summed E-state index contributed by atoms with van der Waals surface area (Å²) in [6.07, 6.45) is -1.67. The Labute approximate surface area is 258 Å². The fourth-order valence-electron chi connectivity index (χ4n) is 4.16. The summed E-state index contributed by atoms with van der Waals surface area (Å²) in [5.41, 5.74) is 1.19. The highest BCUT2D eigenvalue weighted by atomic mass is 31.2. The quantitative estimate of drug-likeness (QED) is 0.133. The Bertz CT molecular complexity index is 1210. The van der Waals surface area contributed by atoms with Gasteiger partial charge in [-0.25, -0.2) is 0 Å². The van der Waals surface area contributed by atoms with Crippen LogP contribution in [-0.2, 0) is 36.3 Å². The first kappa shape index (κ1) is 35.8. The van der Waals surface area contributed by atoms with Gasteiger partial charge in [-0.1, -0.05) is 78.9 Å². The van der Waals surface area contributed by atoms with E-state index in [0.717, 1.165) is 0 Å². The van der Waals surface area contributed by atoms with Crippen molar-refractivity contribution in [3.05, 3.63) is 102 Å². The summed E-state index contributed by atoms with van der Waals surface area (Å²) in [4.78, 5) is 0. The van der Waals surface area contributed by atoms with E-state index >= 15 is 0 Å². The summed E-state index contributed by atoms with van der Waals surface area (Å²) in [5, 5.41) is 0.667. The van der Waals surface area contributed by atoms with E-state index in [1.165, 1.54) is 0 Å². The van der Waals surface area contributed by atoms with Crippen molar-refractivity contribution in [2.24, 2.45) is 0 Å². The van der Waals surface area contributed by atoms with Gasteiger partial charge in [0.05, 0.1) is 24.4 Å². The van der Waals surface area contributed by atoms with Crippen LogP contribution in [0.25, 0.3) is 0 Å². The van der Waals surface area contributed by atoms with Gasteiger partial charge < -0.3 is 27.1 Å². The van der Waals surface area contributed by atoms with Crippen molar-refractivity contribution in [3.8, 4) is 0 Å². The van der Waals surface area contributed by atoms with Crippen LogP contribution in [0.1, 0.15) is 78.2 Å². The van der Waals surface area contributed by atoms with Crippen LogP contribution in [0.5, 0.6) is 0 Å². The van der Waals surface area contributed by atoms with Crippen LogP contribution < -0.4 is 5.30 Å². The molecule has 0 N–H and O–H groups in total. The van der Waals surface area contributed by atoms with Crippen LogP contribution in [-0.4, -0.2) is 24.4 Å². The molecule has 0 aliphatic heterocycles. The predicted molar refractivity (Wildman–Crippen MR) is 174 cm³/mol. The number of benzene rings is 3. The molecule has 0 saturated heterocycles. The molecular formula is C32H45O8P3. The van der Waals surface area contributed by atoms with Crippen molar-refractivity contribution in [2.75, 3.05) is 0 Å². The first-order chi connectivity index (χ1) is 20.3. The van der Waals surface area contributed by atoms with Crippen molar-refractivity contribution in [2.45, 2.75) is 91.5 Å². The molecule has 0 aliphatic carbocycles. The summed E-state index contributed by atoms with van der Waals surface area (Å²) in [7, 11) is -9.99. The molecule has 0 bridgehead atoms. The van der Waals surface area contributed by atoms with Gasteiger partial charge in [0.15, 0.2) is 11.7 Å². The molecule has 0 radical (unpaired) electrons. The van der Waals surface area contributed by atoms with Crippen LogP contribution in [0, 0.1) is 0 Å². The van der Waals surface area contributed by atoms with Crippen LogP contribution in [0.15, 0.2) is 91.0 Å². The van der Waals surface area contributed by atoms with Crippen molar-refractivity contribution in [3.63, 3.8) is 0 Å². The Morgan fingerprint density at radius 3 is 1.02 bits per heavy atom. The third-order valence-electron chi connectivity index (χ3n) is 5.53. The highest BCUT2D eigenvalue weighted by Gasteiger charge is 2.46. The smallest absolute Gasteiger partial charge is 0.309 e. The zero-order valence-corrected chi connectivity index (χ0v) is 28.9. The minimum atomic E-state index is -3.96. The molecule has 0 amide bonds. The van der Waals surface area contributed by atoms with E-state index < -0.39 is 59.7 Å². The van der Waals surface area contributed by atoms with E-state index in [9.17, 15) is 9.13 Å². The minimum Gasteiger partial charge on any atom is -0.309 e. The maximum Gasteiger partial charge on any atom is 0.364 e. The van der Waals surface area contributed by atoms with Crippen LogP contribution in [0.2, 0.25) is 0 Å². The summed E-state index contributed by atoms with van der Waals surface area (Å²) in [5.74, 6) is -2.31. The summed E-state index contributed by atoms with van der Waals surface area (Å²) in [6, 6.07) is 27.6. The molecular weight excluding hydrogens is 605 g/mol. The van der Waals surface area contributed by atoms with Crippen molar-refractivity contribution < 1.29 is 36.3 Å². The zero-order chi connectivity index (χ0) is 31.6. The van der Waals surface area contributed by atoms with Gasteiger partial charge in [-0.3, -0.25) is 9.13 Å². The van der Waals surface area contributed by atoms with Crippen molar-refractivity contribution >= 4 is 28.9 Å². The van der Waals surface area contributed by atoms with E-state index in [2.05, 4.69) is 0 Å². The third-order valence-corrected chi connectivity index (χ3v) is 12.2. The van der Waals surface area contributed by atoms with Gasteiger partial charge in [0.1, 0.15) is 0 Å². The van der Waals surface area contributed by atoms with Gasteiger partial charge in [-0.05, 0) is 78.6 Å². The molecule has 43 heavy (non-hydrogen) atoms. The second-order valence-corrected chi connectivity index (χ2v) is 16.4. The number of hydrogen-bond donors (Lipinski definition) is 0. The first-order valence-electron chi connectivity index (χ1n) is 14.5.